The van der Waals surface area contributed by atoms with Gasteiger partial charge in [0.15, 0.2) is 0 Å². The standard InChI is InChI=1S/C25H33NO5/c1-16(2)8-10-20-24(3,31-20)23-22(28-4)19(12-13-25(23)15-29-25)30-21(27)11-9-17-6-5-7-18(26)14-17/h5-9,11,14,19-20,22-23H,10,12-13,15,26H2,1-4H3/b11-9+/t19-,20-,22-,23-,24+,25+/m1/s1. The van der Waals surface area contributed by atoms with Crippen LogP contribution in [0.5, 0.6) is 0 Å². The topological polar surface area (TPSA) is 86.6 Å². The second kappa shape index (κ2) is 8.41. The third kappa shape index (κ3) is 4.56. The Bertz CT molecular complexity index is 886. The summed E-state index contributed by atoms with van der Waals surface area (Å²) in [7, 11) is 1.68. The summed E-state index contributed by atoms with van der Waals surface area (Å²) >= 11 is 0. The third-order valence-corrected chi connectivity index (χ3v) is 6.83. The molecule has 6 heteroatoms. The van der Waals surface area contributed by atoms with Crippen molar-refractivity contribution in [1.29, 1.82) is 0 Å². The molecule has 2 saturated heterocycles. The average Bonchev–Trinajstić information content (AvgIpc) is 3.64. The smallest absolute Gasteiger partial charge is 0.331 e. The lowest BCUT2D eigenvalue weighted by Gasteiger charge is -2.42. The summed E-state index contributed by atoms with van der Waals surface area (Å²) in [5, 5.41) is 0. The van der Waals surface area contributed by atoms with E-state index in [0.29, 0.717) is 18.7 Å². The molecule has 1 aromatic rings. The lowest BCUT2D eigenvalue weighted by Crippen LogP contribution is -2.55. The minimum atomic E-state index is -0.385. The summed E-state index contributed by atoms with van der Waals surface area (Å²) < 4.78 is 23.9. The van der Waals surface area contributed by atoms with E-state index in [1.807, 2.05) is 24.3 Å². The minimum Gasteiger partial charge on any atom is -0.456 e. The van der Waals surface area contributed by atoms with Crippen molar-refractivity contribution in [2.24, 2.45) is 5.92 Å². The molecule has 0 radical (unpaired) electrons. The quantitative estimate of drug-likeness (QED) is 0.233. The first-order valence-corrected chi connectivity index (χ1v) is 11.0. The Morgan fingerprint density at radius 2 is 2.13 bits per heavy atom. The SMILES string of the molecule is CO[C@@H]1[C@H](OC(=O)/C=C/c2cccc(N)c2)CC[C@]2(CO2)[C@H]1[C@@]1(C)O[C@@H]1CC=C(C)C. The first-order valence-electron chi connectivity index (χ1n) is 11.0. The Morgan fingerprint density at radius 1 is 1.35 bits per heavy atom. The van der Waals surface area contributed by atoms with Crippen LogP contribution in [0, 0.1) is 5.92 Å². The molecule has 2 heterocycles. The van der Waals surface area contributed by atoms with Crippen LogP contribution >= 0.6 is 0 Å². The van der Waals surface area contributed by atoms with Crippen LogP contribution in [-0.4, -0.2) is 49.2 Å². The van der Waals surface area contributed by atoms with E-state index in [9.17, 15) is 4.79 Å². The first-order chi connectivity index (χ1) is 14.8. The molecule has 0 bridgehead atoms. The lowest BCUT2D eigenvalue weighted by atomic mass is 9.68. The summed E-state index contributed by atoms with van der Waals surface area (Å²) in [5.41, 5.74) is 8.02. The Morgan fingerprint density at radius 3 is 2.77 bits per heavy atom. The highest BCUT2D eigenvalue weighted by atomic mass is 16.6. The number of esters is 1. The van der Waals surface area contributed by atoms with Gasteiger partial charge in [-0.3, -0.25) is 0 Å². The molecule has 31 heavy (non-hydrogen) atoms. The number of epoxide rings is 2. The Hall–Kier alpha value is -2.15. The molecule has 2 aliphatic heterocycles. The molecule has 1 saturated carbocycles. The fourth-order valence-corrected chi connectivity index (χ4v) is 5.09. The Labute approximate surface area is 184 Å². The zero-order valence-electron chi connectivity index (χ0n) is 18.8. The molecular weight excluding hydrogens is 394 g/mol. The molecule has 0 aromatic heterocycles. The fraction of sp³-hybridized carbons (Fsp3) is 0.560. The van der Waals surface area contributed by atoms with Gasteiger partial charge < -0.3 is 24.7 Å². The highest BCUT2D eigenvalue weighted by molar-refractivity contribution is 5.87. The summed E-state index contributed by atoms with van der Waals surface area (Å²) in [6, 6.07) is 7.36. The largest absolute Gasteiger partial charge is 0.456 e. The molecule has 3 fully saturated rings. The minimum absolute atomic E-state index is 0.0185. The van der Waals surface area contributed by atoms with Gasteiger partial charge in [-0.2, -0.15) is 0 Å². The molecule has 6 nitrogen and oxygen atoms in total. The number of carbonyl (C=O) groups excluding carboxylic acids is 1. The molecule has 0 unspecified atom stereocenters. The van der Waals surface area contributed by atoms with E-state index in [0.717, 1.165) is 18.4 Å². The first kappa shape index (κ1) is 22.1. The van der Waals surface area contributed by atoms with E-state index in [1.165, 1.54) is 11.6 Å². The Kier molecular flexibility index (Phi) is 5.99. The highest BCUT2D eigenvalue weighted by Gasteiger charge is 2.72. The number of allylic oxidation sites excluding steroid dienone is 1. The maximum absolute atomic E-state index is 12.6. The molecule has 1 aromatic carbocycles. The van der Waals surface area contributed by atoms with Crippen molar-refractivity contribution in [1.82, 2.24) is 0 Å². The molecule has 3 aliphatic rings. The predicted molar refractivity (Wildman–Crippen MR) is 119 cm³/mol. The number of hydrogen-bond acceptors (Lipinski definition) is 6. The number of nitrogens with two attached hydrogens (primary N) is 1. The van der Waals surface area contributed by atoms with Gasteiger partial charge in [0.05, 0.1) is 18.6 Å². The van der Waals surface area contributed by atoms with Gasteiger partial charge in [0, 0.05) is 18.9 Å². The number of nitrogen functional groups attached to an aromatic ring is 1. The number of hydrogen-bond donors (Lipinski definition) is 1. The van der Waals surface area contributed by atoms with Crippen molar-refractivity contribution in [3.05, 3.63) is 47.6 Å². The number of anilines is 1. The van der Waals surface area contributed by atoms with Crippen LogP contribution < -0.4 is 5.73 Å². The van der Waals surface area contributed by atoms with Gasteiger partial charge in [-0.05, 0) is 63.8 Å². The maximum Gasteiger partial charge on any atom is 0.331 e. The number of benzene rings is 1. The molecule has 4 rings (SSSR count). The van der Waals surface area contributed by atoms with Gasteiger partial charge in [-0.25, -0.2) is 4.79 Å². The monoisotopic (exact) mass is 427 g/mol. The number of ether oxygens (including phenoxy) is 4. The number of methoxy groups -OCH3 is 1. The summed E-state index contributed by atoms with van der Waals surface area (Å²) in [6.45, 7) is 7.04. The van der Waals surface area contributed by atoms with Crippen LogP contribution in [0.25, 0.3) is 6.08 Å². The number of carbonyl (C=O) groups is 1. The van der Waals surface area contributed by atoms with Crippen molar-refractivity contribution in [3.8, 4) is 0 Å². The molecule has 1 aliphatic carbocycles. The maximum atomic E-state index is 12.6. The molecule has 2 N–H and O–H groups in total. The van der Waals surface area contributed by atoms with Crippen LogP contribution in [0.2, 0.25) is 0 Å². The normalized spacial score (nSPS) is 36.4. The van der Waals surface area contributed by atoms with E-state index in [1.54, 1.807) is 13.2 Å². The predicted octanol–water partition coefficient (Wildman–Crippen LogP) is 3.90. The lowest BCUT2D eigenvalue weighted by molar-refractivity contribution is -0.166. The molecule has 6 atom stereocenters. The van der Waals surface area contributed by atoms with Crippen LogP contribution in [0.3, 0.4) is 0 Å². The van der Waals surface area contributed by atoms with Crippen LogP contribution in [0.1, 0.15) is 45.6 Å². The average molecular weight is 428 g/mol. The summed E-state index contributed by atoms with van der Waals surface area (Å²) in [5.74, 6) is -0.367. The second-order valence-corrected chi connectivity index (χ2v) is 9.36. The van der Waals surface area contributed by atoms with E-state index < -0.39 is 0 Å². The van der Waals surface area contributed by atoms with E-state index in [2.05, 4.69) is 26.8 Å². The van der Waals surface area contributed by atoms with Crippen LogP contribution in [0.15, 0.2) is 42.0 Å². The van der Waals surface area contributed by atoms with Gasteiger partial charge in [-0.15, -0.1) is 0 Å². The van der Waals surface area contributed by atoms with E-state index >= 15 is 0 Å². The van der Waals surface area contributed by atoms with Gasteiger partial charge in [0.25, 0.3) is 0 Å². The van der Waals surface area contributed by atoms with Crippen molar-refractivity contribution in [3.63, 3.8) is 0 Å². The van der Waals surface area contributed by atoms with Crippen LogP contribution in [0.4, 0.5) is 5.69 Å². The summed E-state index contributed by atoms with van der Waals surface area (Å²) in [4.78, 5) is 12.6. The summed E-state index contributed by atoms with van der Waals surface area (Å²) in [6.07, 6.45) is 7.30. The van der Waals surface area contributed by atoms with Gasteiger partial charge in [0.2, 0.25) is 0 Å². The fourth-order valence-electron chi connectivity index (χ4n) is 5.09. The van der Waals surface area contributed by atoms with Crippen molar-refractivity contribution < 1.29 is 23.7 Å². The van der Waals surface area contributed by atoms with Crippen LogP contribution in [-0.2, 0) is 23.7 Å². The highest BCUT2D eigenvalue weighted by Crippen LogP contribution is 2.59. The third-order valence-electron chi connectivity index (χ3n) is 6.83. The molecule has 1 spiro atoms. The molecule has 168 valence electrons. The molecular formula is C25H33NO5. The zero-order valence-corrected chi connectivity index (χ0v) is 18.8. The van der Waals surface area contributed by atoms with E-state index in [4.69, 9.17) is 24.7 Å². The molecule has 0 amide bonds. The van der Waals surface area contributed by atoms with Crippen molar-refractivity contribution in [2.45, 2.75) is 69.5 Å². The van der Waals surface area contributed by atoms with E-state index in [-0.39, 0.29) is 41.4 Å². The zero-order chi connectivity index (χ0) is 22.2. The van der Waals surface area contributed by atoms with Gasteiger partial charge >= 0.3 is 5.97 Å². The van der Waals surface area contributed by atoms with Crippen molar-refractivity contribution >= 4 is 17.7 Å². The van der Waals surface area contributed by atoms with Gasteiger partial charge in [0.1, 0.15) is 23.4 Å². The van der Waals surface area contributed by atoms with Crippen molar-refractivity contribution in [2.75, 3.05) is 19.5 Å². The number of rotatable bonds is 7. The Balaban J connectivity index is 1.46. The second-order valence-electron chi connectivity index (χ2n) is 9.36. The van der Waals surface area contributed by atoms with Gasteiger partial charge in [-0.1, -0.05) is 23.8 Å².